The van der Waals surface area contributed by atoms with E-state index < -0.39 is 0 Å². The van der Waals surface area contributed by atoms with Crippen molar-refractivity contribution in [3.8, 4) is 0 Å². The zero-order valence-corrected chi connectivity index (χ0v) is 12.0. The van der Waals surface area contributed by atoms with Crippen LogP contribution in [0.1, 0.15) is 50.7 Å². The predicted molar refractivity (Wildman–Crippen MR) is 79.0 cm³/mol. The molecule has 1 aromatic carbocycles. The number of benzene rings is 1. The first kappa shape index (κ1) is 13.6. The molecule has 1 saturated heterocycles. The summed E-state index contributed by atoms with van der Waals surface area (Å²) in [6, 6.07) is 9.88. The van der Waals surface area contributed by atoms with Crippen LogP contribution in [0.4, 0.5) is 0 Å². The van der Waals surface area contributed by atoms with Gasteiger partial charge in [0, 0.05) is 6.04 Å². The number of aryl methyl sites for hydroxylation is 2. The van der Waals surface area contributed by atoms with E-state index in [9.17, 15) is 0 Å². The van der Waals surface area contributed by atoms with E-state index >= 15 is 0 Å². The molecule has 0 spiro atoms. The Kier molecular flexibility index (Phi) is 5.25. The van der Waals surface area contributed by atoms with Crippen LogP contribution in [-0.2, 0) is 12.8 Å². The molecular weight excluding hydrogens is 218 g/mol. The van der Waals surface area contributed by atoms with Crippen molar-refractivity contribution in [1.29, 1.82) is 0 Å². The van der Waals surface area contributed by atoms with Gasteiger partial charge in [0.15, 0.2) is 0 Å². The van der Waals surface area contributed by atoms with E-state index in [0.717, 1.165) is 6.04 Å². The van der Waals surface area contributed by atoms with Crippen LogP contribution in [0.5, 0.6) is 0 Å². The first-order chi connectivity index (χ1) is 8.93. The van der Waals surface area contributed by atoms with Crippen molar-refractivity contribution in [2.24, 2.45) is 0 Å². The average molecular weight is 245 g/mol. The van der Waals surface area contributed by atoms with Crippen molar-refractivity contribution in [3.05, 3.63) is 35.4 Å². The van der Waals surface area contributed by atoms with Crippen molar-refractivity contribution in [2.45, 2.75) is 58.4 Å². The second-order valence-corrected chi connectivity index (χ2v) is 5.24. The maximum atomic E-state index is 2.73. The van der Waals surface area contributed by atoms with Crippen molar-refractivity contribution in [1.82, 2.24) is 4.90 Å². The molecule has 1 aliphatic heterocycles. The monoisotopic (exact) mass is 245 g/mol. The van der Waals surface area contributed by atoms with Crippen LogP contribution in [0.2, 0.25) is 0 Å². The van der Waals surface area contributed by atoms with Gasteiger partial charge in [-0.1, -0.05) is 38.1 Å². The lowest BCUT2D eigenvalue weighted by molar-refractivity contribution is 0.222. The second kappa shape index (κ2) is 6.94. The summed E-state index contributed by atoms with van der Waals surface area (Å²) in [4.78, 5) is 2.73. The fraction of sp³-hybridized carbons (Fsp3) is 0.647. The van der Waals surface area contributed by atoms with E-state index in [-0.39, 0.29) is 0 Å². The molecule has 2 aliphatic rings. The normalized spacial score (nSPS) is 20.8. The fourth-order valence-electron chi connectivity index (χ4n) is 3.31. The smallest absolute Gasteiger partial charge is 0.0102 e. The van der Waals surface area contributed by atoms with Gasteiger partial charge in [0.05, 0.1) is 0 Å². The SMILES string of the molecule is CC.c1ccc2c(c1)CCC(N1CCCC1)CC2. The molecule has 1 aromatic rings. The molecule has 1 nitrogen and oxygen atoms in total. The van der Waals surface area contributed by atoms with Crippen LogP contribution in [0, 0.1) is 0 Å². The number of hydrogen-bond acceptors (Lipinski definition) is 1. The highest BCUT2D eigenvalue weighted by Gasteiger charge is 2.23. The Morgan fingerprint density at radius 3 is 1.89 bits per heavy atom. The highest BCUT2D eigenvalue weighted by molar-refractivity contribution is 5.28. The van der Waals surface area contributed by atoms with Crippen LogP contribution in [0.25, 0.3) is 0 Å². The average Bonchev–Trinajstić information content (AvgIpc) is 2.88. The van der Waals surface area contributed by atoms with Gasteiger partial charge in [-0.2, -0.15) is 0 Å². The molecule has 0 bridgehead atoms. The zero-order valence-electron chi connectivity index (χ0n) is 12.0. The van der Waals surface area contributed by atoms with Gasteiger partial charge in [0.2, 0.25) is 0 Å². The van der Waals surface area contributed by atoms with Crippen molar-refractivity contribution < 1.29 is 0 Å². The van der Waals surface area contributed by atoms with Crippen LogP contribution >= 0.6 is 0 Å². The zero-order chi connectivity index (χ0) is 12.8. The Morgan fingerprint density at radius 2 is 1.39 bits per heavy atom. The van der Waals surface area contributed by atoms with Gasteiger partial charge in [-0.3, -0.25) is 0 Å². The summed E-state index contributed by atoms with van der Waals surface area (Å²) < 4.78 is 0. The lowest BCUT2D eigenvalue weighted by Crippen LogP contribution is -2.32. The third kappa shape index (κ3) is 3.14. The van der Waals surface area contributed by atoms with Crippen molar-refractivity contribution in [3.63, 3.8) is 0 Å². The number of nitrogens with zero attached hydrogens (tertiary/aromatic N) is 1. The van der Waals surface area contributed by atoms with Crippen LogP contribution in [0.3, 0.4) is 0 Å². The van der Waals surface area contributed by atoms with Crippen LogP contribution < -0.4 is 0 Å². The Balaban J connectivity index is 0.000000574. The molecule has 0 radical (unpaired) electrons. The maximum Gasteiger partial charge on any atom is 0.0102 e. The highest BCUT2D eigenvalue weighted by Crippen LogP contribution is 2.25. The topological polar surface area (TPSA) is 3.24 Å². The lowest BCUT2D eigenvalue weighted by Gasteiger charge is -2.25. The molecule has 1 fully saturated rings. The summed E-state index contributed by atoms with van der Waals surface area (Å²) in [6.45, 7) is 6.70. The minimum Gasteiger partial charge on any atom is -0.300 e. The molecule has 100 valence electrons. The quantitative estimate of drug-likeness (QED) is 0.675. The van der Waals surface area contributed by atoms with Gasteiger partial charge >= 0.3 is 0 Å². The molecule has 1 heteroatoms. The van der Waals surface area contributed by atoms with Crippen molar-refractivity contribution in [2.75, 3.05) is 13.1 Å². The van der Waals surface area contributed by atoms with Gasteiger partial charge in [0.25, 0.3) is 0 Å². The molecule has 1 heterocycles. The Labute approximate surface area is 112 Å². The molecule has 0 atom stereocenters. The summed E-state index contributed by atoms with van der Waals surface area (Å²) in [5, 5.41) is 0. The molecule has 0 N–H and O–H groups in total. The minimum atomic E-state index is 0.856. The second-order valence-electron chi connectivity index (χ2n) is 5.24. The first-order valence-electron chi connectivity index (χ1n) is 7.74. The lowest BCUT2D eigenvalue weighted by atomic mass is 10.0. The van der Waals surface area contributed by atoms with E-state index in [1.54, 1.807) is 11.1 Å². The fourth-order valence-corrected chi connectivity index (χ4v) is 3.31. The summed E-state index contributed by atoms with van der Waals surface area (Å²) in [5.41, 5.74) is 3.20. The largest absolute Gasteiger partial charge is 0.300 e. The minimum absolute atomic E-state index is 0.856. The van der Waals surface area contributed by atoms with Gasteiger partial charge in [-0.25, -0.2) is 0 Å². The number of rotatable bonds is 1. The summed E-state index contributed by atoms with van der Waals surface area (Å²) in [5.74, 6) is 0. The maximum absolute atomic E-state index is 2.73. The predicted octanol–water partition coefficient (Wildman–Crippen LogP) is 4.06. The van der Waals surface area contributed by atoms with Gasteiger partial charge < -0.3 is 4.90 Å². The molecule has 0 saturated carbocycles. The molecule has 0 amide bonds. The van der Waals surface area contributed by atoms with Crippen molar-refractivity contribution >= 4 is 0 Å². The van der Waals surface area contributed by atoms with E-state index in [1.165, 1.54) is 51.6 Å². The molecule has 0 aromatic heterocycles. The molecule has 18 heavy (non-hydrogen) atoms. The van der Waals surface area contributed by atoms with E-state index in [4.69, 9.17) is 0 Å². The standard InChI is InChI=1S/C15H21N.C2H6/c1-2-6-14-8-10-15(9-7-13(14)5-1)16-11-3-4-12-16;1-2/h1-2,5-6,15H,3-4,7-12H2;1-2H3. The Hall–Kier alpha value is -0.820. The Morgan fingerprint density at radius 1 is 0.889 bits per heavy atom. The van der Waals surface area contributed by atoms with E-state index in [2.05, 4.69) is 29.2 Å². The van der Waals surface area contributed by atoms with Crippen LogP contribution in [-0.4, -0.2) is 24.0 Å². The van der Waals surface area contributed by atoms with Gasteiger partial charge in [-0.15, -0.1) is 0 Å². The number of hydrogen-bond donors (Lipinski definition) is 0. The van der Waals surface area contributed by atoms with Gasteiger partial charge in [-0.05, 0) is 62.7 Å². The third-order valence-electron chi connectivity index (χ3n) is 4.27. The van der Waals surface area contributed by atoms with Crippen LogP contribution in [0.15, 0.2) is 24.3 Å². The van der Waals surface area contributed by atoms with E-state index in [1.807, 2.05) is 13.8 Å². The third-order valence-corrected chi connectivity index (χ3v) is 4.27. The summed E-state index contributed by atoms with van der Waals surface area (Å²) in [6.07, 6.45) is 8.16. The molecule has 1 aliphatic carbocycles. The Bertz CT molecular complexity index is 325. The summed E-state index contributed by atoms with van der Waals surface area (Å²) in [7, 11) is 0. The first-order valence-corrected chi connectivity index (χ1v) is 7.74. The summed E-state index contributed by atoms with van der Waals surface area (Å²) >= 11 is 0. The molecular formula is C17H27N. The number of fused-ring (bicyclic) bond motifs is 1. The number of likely N-dealkylation sites (tertiary alicyclic amines) is 1. The van der Waals surface area contributed by atoms with Gasteiger partial charge in [0.1, 0.15) is 0 Å². The molecule has 3 rings (SSSR count). The van der Waals surface area contributed by atoms with E-state index in [0.29, 0.717) is 0 Å². The molecule has 0 unspecified atom stereocenters. The highest BCUT2D eigenvalue weighted by atomic mass is 15.2.